The summed E-state index contributed by atoms with van der Waals surface area (Å²) in [7, 11) is 0. The molecule has 0 unspecified atom stereocenters. The van der Waals surface area contributed by atoms with E-state index in [9.17, 15) is 0 Å². The van der Waals surface area contributed by atoms with E-state index in [2.05, 4.69) is 160 Å². The lowest BCUT2D eigenvalue weighted by Gasteiger charge is -2.24. The van der Waals surface area contributed by atoms with E-state index in [1.54, 1.807) is 0 Å². The molecule has 8 rings (SSSR count). The van der Waals surface area contributed by atoms with E-state index in [4.69, 9.17) is 0 Å². The van der Waals surface area contributed by atoms with Gasteiger partial charge in [0.15, 0.2) is 0 Å². The minimum atomic E-state index is -0.153. The first-order valence-corrected chi connectivity index (χ1v) is 16.5. The third-order valence-corrected chi connectivity index (χ3v) is 11.0. The Labute approximate surface area is 274 Å². The molecule has 1 heteroatoms. The third-order valence-electron chi connectivity index (χ3n) is 10.5. The van der Waals surface area contributed by atoms with Crippen molar-refractivity contribution in [3.63, 3.8) is 0 Å². The molecular weight excluding hydrogens is 608 g/mol. The van der Waals surface area contributed by atoms with E-state index in [1.807, 2.05) is 12.2 Å². The number of hydrogen-bond donors (Lipinski definition) is 0. The predicted molar refractivity (Wildman–Crippen MR) is 198 cm³/mol. The lowest BCUT2D eigenvalue weighted by atomic mass is 9.79. The van der Waals surface area contributed by atoms with E-state index >= 15 is 0 Å². The largest absolute Gasteiger partial charge is 0.0987 e. The van der Waals surface area contributed by atoms with Gasteiger partial charge in [0.1, 0.15) is 0 Å². The maximum atomic E-state index is 4.16. The van der Waals surface area contributed by atoms with Gasteiger partial charge in [-0.2, -0.15) is 0 Å². The SMILES string of the molecule is C=CC1=C(C=C)C(C)(C)c2cc(-c3c4ccccc4c(-c4ccc5c(c4)C(C)(C)c4ccccc4-5)c4cc(Br)ccc34)ccc21. The van der Waals surface area contributed by atoms with Crippen LogP contribution in [0.5, 0.6) is 0 Å². The molecule has 0 aromatic heterocycles. The maximum Gasteiger partial charge on any atom is 0.0181 e. The molecule has 2 aliphatic rings. The minimum Gasteiger partial charge on any atom is -0.0987 e. The Morgan fingerprint density at radius 2 is 1.07 bits per heavy atom. The monoisotopic (exact) mass is 642 g/mol. The molecule has 6 aromatic rings. The van der Waals surface area contributed by atoms with Crippen molar-refractivity contribution >= 4 is 43.0 Å². The van der Waals surface area contributed by atoms with Crippen LogP contribution in [0.15, 0.2) is 138 Å². The van der Waals surface area contributed by atoms with E-state index in [0.717, 1.165) is 4.47 Å². The molecule has 0 saturated carbocycles. The highest BCUT2D eigenvalue weighted by molar-refractivity contribution is 9.10. The van der Waals surface area contributed by atoms with Crippen molar-refractivity contribution in [1.29, 1.82) is 0 Å². The summed E-state index contributed by atoms with van der Waals surface area (Å²) in [5, 5.41) is 5.04. The average Bonchev–Trinajstić information content (AvgIpc) is 3.41. The fraction of sp³-hybridized carbons (Fsp3) is 0.136. The zero-order chi connectivity index (χ0) is 31.2. The fourth-order valence-corrected chi connectivity index (χ4v) is 8.66. The van der Waals surface area contributed by atoms with Gasteiger partial charge in [-0.25, -0.2) is 0 Å². The van der Waals surface area contributed by atoms with Gasteiger partial charge >= 0.3 is 0 Å². The van der Waals surface area contributed by atoms with Crippen LogP contribution in [-0.2, 0) is 10.8 Å². The highest BCUT2D eigenvalue weighted by Gasteiger charge is 2.37. The highest BCUT2D eigenvalue weighted by Crippen LogP contribution is 2.53. The molecule has 45 heavy (non-hydrogen) atoms. The Bertz CT molecular complexity index is 2310. The van der Waals surface area contributed by atoms with Gasteiger partial charge in [0, 0.05) is 15.3 Å². The lowest BCUT2D eigenvalue weighted by Crippen LogP contribution is -2.16. The first-order chi connectivity index (χ1) is 21.7. The molecule has 0 N–H and O–H groups in total. The van der Waals surface area contributed by atoms with Crippen molar-refractivity contribution < 1.29 is 0 Å². The first kappa shape index (κ1) is 28.0. The smallest absolute Gasteiger partial charge is 0.0181 e. The highest BCUT2D eigenvalue weighted by atomic mass is 79.9. The molecule has 0 amide bonds. The van der Waals surface area contributed by atoms with Crippen LogP contribution in [0.25, 0.3) is 60.5 Å². The number of benzene rings is 6. The summed E-state index contributed by atoms with van der Waals surface area (Å²) in [6.07, 6.45) is 3.99. The molecule has 0 heterocycles. The zero-order valence-electron chi connectivity index (χ0n) is 26.3. The van der Waals surface area contributed by atoms with Gasteiger partial charge in [-0.3, -0.25) is 0 Å². The third kappa shape index (κ3) is 3.83. The molecule has 0 aliphatic heterocycles. The van der Waals surface area contributed by atoms with Gasteiger partial charge in [-0.15, -0.1) is 0 Å². The number of hydrogen-bond acceptors (Lipinski definition) is 0. The van der Waals surface area contributed by atoms with Gasteiger partial charge in [0.2, 0.25) is 0 Å². The lowest BCUT2D eigenvalue weighted by molar-refractivity contribution is 0.655. The van der Waals surface area contributed by atoms with Gasteiger partial charge in [-0.05, 0) is 113 Å². The Morgan fingerprint density at radius 1 is 0.511 bits per heavy atom. The van der Waals surface area contributed by atoms with Crippen LogP contribution >= 0.6 is 15.9 Å². The van der Waals surface area contributed by atoms with E-state index < -0.39 is 0 Å². The molecule has 0 atom stereocenters. The Kier molecular flexibility index (Phi) is 6.09. The number of allylic oxidation sites excluding steroid dienone is 4. The van der Waals surface area contributed by atoms with Gasteiger partial charge in [0.25, 0.3) is 0 Å². The van der Waals surface area contributed by atoms with E-state index in [1.165, 1.54) is 88.3 Å². The van der Waals surface area contributed by atoms with Crippen molar-refractivity contribution in [2.24, 2.45) is 0 Å². The van der Waals surface area contributed by atoms with Gasteiger partial charge < -0.3 is 0 Å². The Balaban J connectivity index is 1.42. The van der Waals surface area contributed by atoms with Crippen molar-refractivity contribution in [2.75, 3.05) is 0 Å². The van der Waals surface area contributed by atoms with E-state index in [0.29, 0.717) is 0 Å². The summed E-state index contributed by atoms with van der Waals surface area (Å²) >= 11 is 3.83. The van der Waals surface area contributed by atoms with Crippen molar-refractivity contribution in [3.05, 3.63) is 161 Å². The Morgan fingerprint density at radius 3 is 1.73 bits per heavy atom. The Hall–Kier alpha value is -4.46. The normalized spacial score (nSPS) is 15.7. The number of halogens is 1. The summed E-state index contributed by atoms with van der Waals surface area (Å²) < 4.78 is 1.08. The van der Waals surface area contributed by atoms with Crippen LogP contribution in [0, 0.1) is 0 Å². The minimum absolute atomic E-state index is 0.0616. The second kappa shape index (κ2) is 9.77. The average molecular weight is 644 g/mol. The van der Waals surface area contributed by atoms with Crippen LogP contribution < -0.4 is 0 Å². The van der Waals surface area contributed by atoms with Crippen molar-refractivity contribution in [3.8, 4) is 33.4 Å². The molecule has 0 saturated heterocycles. The van der Waals surface area contributed by atoms with Crippen LogP contribution in [0.3, 0.4) is 0 Å². The molecule has 0 radical (unpaired) electrons. The maximum absolute atomic E-state index is 4.16. The first-order valence-electron chi connectivity index (χ1n) is 15.7. The predicted octanol–water partition coefficient (Wildman–Crippen LogP) is 12.8. The number of rotatable bonds is 4. The van der Waals surface area contributed by atoms with Crippen LogP contribution in [0.4, 0.5) is 0 Å². The van der Waals surface area contributed by atoms with Gasteiger partial charge in [-0.1, -0.05) is 148 Å². The summed E-state index contributed by atoms with van der Waals surface area (Å²) in [6.45, 7) is 17.6. The van der Waals surface area contributed by atoms with Crippen LogP contribution in [0.2, 0.25) is 0 Å². The van der Waals surface area contributed by atoms with Crippen molar-refractivity contribution in [1.82, 2.24) is 0 Å². The van der Waals surface area contributed by atoms with Crippen molar-refractivity contribution in [2.45, 2.75) is 38.5 Å². The summed E-state index contributed by atoms with van der Waals surface area (Å²) in [5.41, 5.74) is 15.3. The standard InChI is InChI=1S/C44H35Br/c1-7-29-31-20-17-26(23-39(31)43(3,4)37(29)8-2)41-33-14-9-10-15-34(33)42(36-25-28(45)19-22-35(36)41)27-18-21-32-30-13-11-12-16-38(30)44(5,6)40(32)24-27/h7-25H,1-2H2,3-6H3. The molecule has 218 valence electrons. The zero-order valence-corrected chi connectivity index (χ0v) is 27.8. The van der Waals surface area contributed by atoms with Crippen LogP contribution in [0.1, 0.15) is 49.9 Å². The molecular formula is C44H35Br. The summed E-state index contributed by atoms with van der Waals surface area (Å²) in [4.78, 5) is 0. The quantitative estimate of drug-likeness (QED) is 0.168. The molecule has 6 aromatic carbocycles. The van der Waals surface area contributed by atoms with Crippen LogP contribution in [-0.4, -0.2) is 0 Å². The second-order valence-electron chi connectivity index (χ2n) is 13.5. The van der Waals surface area contributed by atoms with Gasteiger partial charge in [0.05, 0.1) is 0 Å². The molecule has 0 spiro atoms. The summed E-state index contributed by atoms with van der Waals surface area (Å²) in [5.74, 6) is 0. The molecule has 0 fully saturated rings. The second-order valence-corrected chi connectivity index (χ2v) is 14.5. The topological polar surface area (TPSA) is 0 Å². The molecule has 2 aliphatic carbocycles. The summed E-state index contributed by atoms with van der Waals surface area (Å²) in [6, 6.07) is 38.7. The molecule has 0 nitrogen and oxygen atoms in total. The fourth-order valence-electron chi connectivity index (χ4n) is 8.30. The van der Waals surface area contributed by atoms with E-state index in [-0.39, 0.29) is 10.8 Å². The molecule has 0 bridgehead atoms. The number of fused-ring (bicyclic) bond motifs is 6.